The number of aliphatic hydroxyl groups is 1. The first-order valence-electron chi connectivity index (χ1n) is 7.47. The van der Waals surface area contributed by atoms with Gasteiger partial charge in [0.15, 0.2) is 9.84 Å². The van der Waals surface area contributed by atoms with E-state index in [0.29, 0.717) is 17.5 Å². The Hall–Kier alpha value is -0.170. The van der Waals surface area contributed by atoms with Crippen LogP contribution in [-0.2, 0) is 9.84 Å². The van der Waals surface area contributed by atoms with Gasteiger partial charge < -0.3 is 15.3 Å². The minimum Gasteiger partial charge on any atom is -0.394 e. The number of hydrogen-bond donors (Lipinski definition) is 2. The zero-order valence-corrected chi connectivity index (χ0v) is 14.0. The van der Waals surface area contributed by atoms with E-state index in [2.05, 4.69) is 24.1 Å². The van der Waals surface area contributed by atoms with Crippen molar-refractivity contribution in [3.05, 3.63) is 0 Å². The maximum atomic E-state index is 11.5. The van der Waals surface area contributed by atoms with Gasteiger partial charge in [0.05, 0.1) is 18.1 Å². The molecule has 0 aromatic heterocycles. The average molecular weight is 306 g/mol. The molecule has 5 nitrogen and oxygen atoms in total. The summed E-state index contributed by atoms with van der Waals surface area (Å²) in [5.74, 6) is 0.621. The number of sulfone groups is 1. The van der Waals surface area contributed by atoms with Gasteiger partial charge in [0.2, 0.25) is 0 Å². The van der Waals surface area contributed by atoms with Gasteiger partial charge in [-0.25, -0.2) is 8.42 Å². The van der Waals surface area contributed by atoms with Crippen molar-refractivity contribution in [1.29, 1.82) is 0 Å². The highest BCUT2D eigenvalue weighted by molar-refractivity contribution is 7.91. The van der Waals surface area contributed by atoms with Crippen LogP contribution in [0.15, 0.2) is 0 Å². The second-order valence-corrected chi connectivity index (χ2v) is 8.89. The van der Waals surface area contributed by atoms with Crippen molar-refractivity contribution in [3.8, 4) is 0 Å². The highest BCUT2D eigenvalue weighted by Crippen LogP contribution is 2.18. The topological polar surface area (TPSA) is 69.6 Å². The standard InChI is InChI=1S/C14H30N2O3S/c1-12(2)15-14(3,11-17)7-5-8-16(4)13-6-9-20(18,19)10-13/h12-13,15,17H,5-11H2,1-4H3. The molecule has 0 aliphatic carbocycles. The third kappa shape index (κ3) is 5.68. The van der Waals surface area contributed by atoms with Crippen LogP contribution in [0.25, 0.3) is 0 Å². The van der Waals surface area contributed by atoms with Crippen LogP contribution in [-0.4, -0.2) is 67.8 Å². The lowest BCUT2D eigenvalue weighted by molar-refractivity contribution is 0.147. The van der Waals surface area contributed by atoms with Crippen molar-refractivity contribution < 1.29 is 13.5 Å². The molecular weight excluding hydrogens is 276 g/mol. The van der Waals surface area contributed by atoms with Crippen LogP contribution in [0.5, 0.6) is 0 Å². The Bertz CT molecular complexity index is 397. The first kappa shape index (κ1) is 17.9. The van der Waals surface area contributed by atoms with Gasteiger partial charge in [0.1, 0.15) is 0 Å². The van der Waals surface area contributed by atoms with E-state index in [1.54, 1.807) is 0 Å². The van der Waals surface area contributed by atoms with Gasteiger partial charge >= 0.3 is 0 Å². The molecule has 1 rings (SSSR count). The van der Waals surface area contributed by atoms with Gasteiger partial charge in [0, 0.05) is 17.6 Å². The number of nitrogens with one attached hydrogen (secondary N) is 1. The summed E-state index contributed by atoms with van der Waals surface area (Å²) < 4.78 is 23.0. The number of hydrogen-bond acceptors (Lipinski definition) is 5. The molecule has 1 heterocycles. The molecular formula is C14H30N2O3S. The van der Waals surface area contributed by atoms with E-state index >= 15 is 0 Å². The largest absolute Gasteiger partial charge is 0.394 e. The molecule has 2 N–H and O–H groups in total. The summed E-state index contributed by atoms with van der Waals surface area (Å²) in [6.07, 6.45) is 2.58. The molecule has 1 aliphatic heterocycles. The lowest BCUT2D eigenvalue weighted by Crippen LogP contribution is -2.49. The Morgan fingerprint density at radius 3 is 2.55 bits per heavy atom. The van der Waals surface area contributed by atoms with Crippen LogP contribution in [0, 0.1) is 0 Å². The summed E-state index contributed by atoms with van der Waals surface area (Å²) in [6.45, 7) is 7.17. The second-order valence-electron chi connectivity index (χ2n) is 6.66. The molecule has 0 bridgehead atoms. The third-order valence-electron chi connectivity index (χ3n) is 4.06. The maximum absolute atomic E-state index is 11.5. The Labute approximate surface area is 123 Å². The summed E-state index contributed by atoms with van der Waals surface area (Å²) in [7, 11) is -0.811. The summed E-state index contributed by atoms with van der Waals surface area (Å²) >= 11 is 0. The Balaban J connectivity index is 2.36. The molecule has 0 aromatic carbocycles. The minimum absolute atomic E-state index is 0.118. The molecule has 20 heavy (non-hydrogen) atoms. The second kappa shape index (κ2) is 7.20. The van der Waals surface area contributed by atoms with Crippen molar-refractivity contribution in [2.45, 2.75) is 57.7 Å². The lowest BCUT2D eigenvalue weighted by atomic mass is 9.95. The van der Waals surface area contributed by atoms with Crippen LogP contribution in [0.2, 0.25) is 0 Å². The van der Waals surface area contributed by atoms with Crippen LogP contribution in [0.1, 0.15) is 40.0 Å². The maximum Gasteiger partial charge on any atom is 0.151 e. The molecule has 0 spiro atoms. The highest BCUT2D eigenvalue weighted by Gasteiger charge is 2.31. The first-order chi connectivity index (χ1) is 9.17. The van der Waals surface area contributed by atoms with Crippen molar-refractivity contribution >= 4 is 9.84 Å². The van der Waals surface area contributed by atoms with Crippen LogP contribution >= 0.6 is 0 Å². The Morgan fingerprint density at radius 2 is 2.10 bits per heavy atom. The van der Waals surface area contributed by atoms with Gasteiger partial charge in [-0.3, -0.25) is 0 Å². The van der Waals surface area contributed by atoms with E-state index < -0.39 is 9.84 Å². The minimum atomic E-state index is -2.81. The molecule has 2 atom stereocenters. The predicted molar refractivity (Wildman–Crippen MR) is 82.7 cm³/mol. The smallest absolute Gasteiger partial charge is 0.151 e. The fourth-order valence-electron chi connectivity index (χ4n) is 2.92. The summed E-state index contributed by atoms with van der Waals surface area (Å²) in [5, 5.41) is 12.9. The Morgan fingerprint density at radius 1 is 1.45 bits per heavy atom. The number of nitrogens with zero attached hydrogens (tertiary/aromatic N) is 1. The predicted octanol–water partition coefficient (Wildman–Crippen LogP) is 0.635. The van der Waals surface area contributed by atoms with Gasteiger partial charge in [0.25, 0.3) is 0 Å². The average Bonchev–Trinajstić information content (AvgIpc) is 2.68. The third-order valence-corrected chi connectivity index (χ3v) is 5.81. The summed E-state index contributed by atoms with van der Waals surface area (Å²) in [6, 6.07) is 0.503. The molecule has 0 radical (unpaired) electrons. The van der Waals surface area contributed by atoms with E-state index in [4.69, 9.17) is 0 Å². The molecule has 1 saturated heterocycles. The Kier molecular flexibility index (Phi) is 6.44. The zero-order chi connectivity index (χ0) is 15.4. The summed E-state index contributed by atoms with van der Waals surface area (Å²) in [4.78, 5) is 2.15. The molecule has 1 fully saturated rings. The fraction of sp³-hybridized carbons (Fsp3) is 1.00. The number of aliphatic hydroxyl groups excluding tert-OH is 1. The lowest BCUT2D eigenvalue weighted by Gasteiger charge is -2.32. The molecule has 120 valence electrons. The molecule has 6 heteroatoms. The SMILES string of the molecule is CC(C)NC(C)(CO)CCCN(C)C1CCS(=O)(=O)C1. The van der Waals surface area contributed by atoms with Gasteiger partial charge in [-0.05, 0) is 39.8 Å². The van der Waals surface area contributed by atoms with Gasteiger partial charge in [-0.1, -0.05) is 13.8 Å². The van der Waals surface area contributed by atoms with E-state index in [9.17, 15) is 13.5 Å². The molecule has 0 aromatic rings. The van der Waals surface area contributed by atoms with E-state index in [0.717, 1.165) is 25.8 Å². The van der Waals surface area contributed by atoms with Crippen LogP contribution < -0.4 is 5.32 Å². The van der Waals surface area contributed by atoms with Crippen molar-refractivity contribution in [2.75, 3.05) is 31.7 Å². The van der Waals surface area contributed by atoms with Crippen molar-refractivity contribution in [2.24, 2.45) is 0 Å². The van der Waals surface area contributed by atoms with Crippen molar-refractivity contribution in [1.82, 2.24) is 10.2 Å². The molecule has 0 amide bonds. The van der Waals surface area contributed by atoms with Gasteiger partial charge in [-0.15, -0.1) is 0 Å². The normalized spacial score (nSPS) is 25.2. The summed E-state index contributed by atoms with van der Waals surface area (Å²) in [5.41, 5.74) is -0.253. The van der Waals surface area contributed by atoms with Gasteiger partial charge in [-0.2, -0.15) is 0 Å². The van der Waals surface area contributed by atoms with Crippen molar-refractivity contribution in [3.63, 3.8) is 0 Å². The monoisotopic (exact) mass is 306 g/mol. The molecule has 1 aliphatic rings. The van der Waals surface area contributed by atoms with E-state index in [1.165, 1.54) is 0 Å². The highest BCUT2D eigenvalue weighted by atomic mass is 32.2. The fourth-order valence-corrected chi connectivity index (χ4v) is 4.72. The number of rotatable bonds is 8. The molecule has 2 unspecified atom stereocenters. The van der Waals surface area contributed by atoms with Crippen LogP contribution in [0.4, 0.5) is 0 Å². The quantitative estimate of drug-likeness (QED) is 0.688. The first-order valence-corrected chi connectivity index (χ1v) is 9.29. The zero-order valence-electron chi connectivity index (χ0n) is 13.2. The van der Waals surface area contributed by atoms with Crippen LogP contribution in [0.3, 0.4) is 0 Å². The van der Waals surface area contributed by atoms with E-state index in [-0.39, 0.29) is 18.2 Å². The molecule has 0 saturated carbocycles. The van der Waals surface area contributed by atoms with E-state index in [1.807, 2.05) is 14.0 Å².